The molecule has 3 aliphatic heterocycles. The van der Waals surface area contributed by atoms with Gasteiger partial charge in [0.1, 0.15) is 67.2 Å². The monoisotopic (exact) mass is 1560 g/mol. The first kappa shape index (κ1) is 83.9. The zero-order valence-corrected chi connectivity index (χ0v) is 62.8. The third kappa shape index (κ3) is 22.7. The number of nitrogens with zero attached hydrogens (tertiary/aromatic N) is 8. The van der Waals surface area contributed by atoms with E-state index < -0.39 is 35.6 Å². The molecular weight excluding hydrogens is 1480 g/mol. The second-order valence-corrected chi connectivity index (χ2v) is 27.5. The number of aromatic nitrogens is 3. The van der Waals surface area contributed by atoms with Crippen molar-refractivity contribution in [1.29, 1.82) is 15.8 Å². The van der Waals surface area contributed by atoms with Crippen LogP contribution in [-0.2, 0) is 23.9 Å². The predicted molar refractivity (Wildman–Crippen MR) is 417 cm³/mol. The molecule has 0 unspecified atom stereocenters. The highest BCUT2D eigenvalue weighted by atomic mass is 32.1. The molecule has 111 heavy (non-hydrogen) atoms. The molecule has 12 rings (SSSR count). The number of esters is 2. The molecule has 5 amide bonds. The van der Waals surface area contributed by atoms with Gasteiger partial charge in [-0.3, -0.25) is 54.3 Å². The Kier molecular flexibility index (Phi) is 31.0. The number of aliphatic carboxylic acids is 1. The lowest BCUT2D eigenvalue weighted by atomic mass is 9.96. The largest absolute Gasteiger partial charge is 0.497 e. The van der Waals surface area contributed by atoms with Crippen molar-refractivity contribution in [3.8, 4) is 69.2 Å². The summed E-state index contributed by atoms with van der Waals surface area (Å²) in [5.41, 5.74) is 5.07. The van der Waals surface area contributed by atoms with Gasteiger partial charge in [0.05, 0.1) is 57.9 Å². The van der Waals surface area contributed by atoms with Crippen LogP contribution in [0.25, 0.3) is 33.8 Å². The van der Waals surface area contributed by atoms with Crippen LogP contribution in [-0.4, -0.2) is 162 Å². The smallest absolute Gasteiger partial charge is 0.335 e. The van der Waals surface area contributed by atoms with Gasteiger partial charge < -0.3 is 49.0 Å². The van der Waals surface area contributed by atoms with E-state index in [1.165, 1.54) is 36.4 Å². The number of carbonyl (C=O) groups is 9. The third-order valence-corrected chi connectivity index (χ3v) is 20.2. The van der Waals surface area contributed by atoms with Gasteiger partial charge in [-0.1, -0.05) is 59.6 Å². The summed E-state index contributed by atoms with van der Waals surface area (Å²) in [6.45, 7) is 7.97. The summed E-state index contributed by atoms with van der Waals surface area (Å²) >= 11 is 3.19. The van der Waals surface area contributed by atoms with E-state index in [1.807, 2.05) is 6.92 Å². The van der Waals surface area contributed by atoms with E-state index in [1.54, 1.807) is 147 Å². The van der Waals surface area contributed by atoms with Crippen molar-refractivity contribution in [3.05, 3.63) is 194 Å². The number of carbonyl (C=O) groups excluding carboxylic acids is 7. The number of carboxylic acid groups (broad SMARTS) is 2. The van der Waals surface area contributed by atoms with Crippen LogP contribution in [0.1, 0.15) is 137 Å². The maximum Gasteiger partial charge on any atom is 0.335 e. The van der Waals surface area contributed by atoms with Gasteiger partial charge in [0.25, 0.3) is 29.5 Å². The summed E-state index contributed by atoms with van der Waals surface area (Å²) in [5.74, 6) is -2.46. The van der Waals surface area contributed by atoms with Gasteiger partial charge in [-0.25, -0.2) is 19.7 Å². The number of amides is 5. The molecule has 3 saturated heterocycles. The van der Waals surface area contributed by atoms with Crippen LogP contribution in [0.15, 0.2) is 146 Å². The molecule has 3 fully saturated rings. The van der Waals surface area contributed by atoms with E-state index in [2.05, 4.69) is 54.4 Å². The van der Waals surface area contributed by atoms with Crippen molar-refractivity contribution >= 4 is 103 Å². The molecule has 574 valence electrons. The quantitative estimate of drug-likeness (QED) is 0.0386. The number of rotatable bonds is 20. The van der Waals surface area contributed by atoms with Crippen LogP contribution < -0.4 is 35.5 Å². The standard InChI is InChI=1S/C27H26N4O5S.C25H22N4O5S.C19H13N3O4S.C8H15NO2.CH4/c1-3-36-26(34)18-11-13-31(14-12-18)25(33)20-6-4-5-19(15-20)24(32)30-27-29-23(22(16-28)37-27)17-7-9-21(35-2)10-8-17;1-34-19-7-5-15(6-8-19)21-20(14-26)35-25(27-21)28-22(30)17-3-2-4-18(13-17)23(31)29-11-9-16(10-12-29)24(32)33;1-26-14-7-5-11(6-8-14)16-15(10-20)27-19(21-16)22-17(23)12-3-2-4-13(9-12)18(24)25;1-2-11-8(10)7-3-5-9-6-4-7;/h4-10,15,18H,3,11-14H2,1-2H3,(H,29,30,32);2-8,13,16H,9-12H2,1H3,(H,32,33)(H,27,28,30);2-9H,1H3,(H,24,25)(H,21,22,23);7,9H,2-6H2,1H3;1H4. The first-order chi connectivity index (χ1) is 53.2. The topological polar surface area (TPSA) is 405 Å². The summed E-state index contributed by atoms with van der Waals surface area (Å²) < 4.78 is 25.4. The summed E-state index contributed by atoms with van der Waals surface area (Å²) in [6.07, 6.45) is 3.77. The van der Waals surface area contributed by atoms with Crippen molar-refractivity contribution in [3.63, 3.8) is 0 Å². The van der Waals surface area contributed by atoms with E-state index in [4.69, 9.17) is 33.9 Å². The average Bonchev–Trinajstić information content (AvgIpc) is 1.77. The second-order valence-electron chi connectivity index (χ2n) is 24.5. The number of ether oxygens (including phenoxy) is 5. The Bertz CT molecular complexity index is 4920. The van der Waals surface area contributed by atoms with Crippen molar-refractivity contribution in [2.45, 2.75) is 59.8 Å². The number of anilines is 3. The van der Waals surface area contributed by atoms with Crippen LogP contribution in [0.5, 0.6) is 17.2 Å². The van der Waals surface area contributed by atoms with Gasteiger partial charge in [0.15, 0.2) is 15.4 Å². The number of nitrogens with one attached hydrogen (secondary N) is 4. The van der Waals surface area contributed by atoms with E-state index in [0.29, 0.717) is 131 Å². The first-order valence-corrected chi connectivity index (χ1v) is 37.1. The molecule has 0 aliphatic carbocycles. The molecule has 28 nitrogen and oxygen atoms in total. The zero-order chi connectivity index (χ0) is 78.8. The number of methoxy groups -OCH3 is 3. The number of likely N-dealkylation sites (tertiary alicyclic amines) is 2. The van der Waals surface area contributed by atoms with Gasteiger partial charge in [0, 0.05) is 70.7 Å². The van der Waals surface area contributed by atoms with Crippen molar-refractivity contribution in [2.24, 2.45) is 17.8 Å². The Hall–Kier alpha value is -12.7. The third-order valence-electron chi connectivity index (χ3n) is 17.5. The summed E-state index contributed by atoms with van der Waals surface area (Å²) in [6, 6.07) is 46.1. The predicted octanol–water partition coefficient (Wildman–Crippen LogP) is 13.1. The van der Waals surface area contributed by atoms with E-state index in [0.717, 1.165) is 76.6 Å². The normalized spacial score (nSPS) is 13.2. The molecule has 31 heteroatoms. The SMILES string of the molecule is C.CCOC(=O)C1CCN(C(=O)c2cccc(C(=O)Nc3nc(-c4ccc(OC)cc4)c(C#N)s3)c2)CC1.CCOC(=O)C1CCNCC1.COc1ccc(-c2nc(NC(=O)c3cccc(C(=O)N4CCC(C(=O)O)CC4)c3)sc2C#N)cc1.COc1ccc(-c2nc(NC(=O)c3cccc(C(=O)O)c3)sc2C#N)cc1. The molecule has 6 N–H and O–H groups in total. The number of carboxylic acids is 2. The zero-order valence-electron chi connectivity index (χ0n) is 60.4. The highest BCUT2D eigenvalue weighted by molar-refractivity contribution is 7.17. The summed E-state index contributed by atoms with van der Waals surface area (Å²) in [5, 5.41) is 58.7. The van der Waals surface area contributed by atoms with Crippen molar-refractivity contribution in [2.75, 3.05) is 89.8 Å². The molecule has 0 saturated carbocycles. The molecule has 3 aromatic heterocycles. The van der Waals surface area contributed by atoms with Crippen LogP contribution in [0.2, 0.25) is 0 Å². The minimum absolute atomic E-state index is 0. The Morgan fingerprint density at radius 2 is 0.748 bits per heavy atom. The molecule has 0 atom stereocenters. The number of thiazole rings is 3. The molecule has 3 aliphatic rings. The molecular formula is C80H80N12O16S3. The fraction of sp³-hybridized carbons (Fsp3) is 0.287. The highest BCUT2D eigenvalue weighted by Gasteiger charge is 2.31. The first-order valence-electron chi connectivity index (χ1n) is 34.7. The van der Waals surface area contributed by atoms with Gasteiger partial charge in [-0.15, -0.1) is 0 Å². The molecule has 0 spiro atoms. The van der Waals surface area contributed by atoms with E-state index in [-0.39, 0.29) is 75.1 Å². The lowest BCUT2D eigenvalue weighted by Crippen LogP contribution is -2.40. The van der Waals surface area contributed by atoms with Gasteiger partial charge in [-0.05, 0) is 193 Å². The number of nitriles is 3. The highest BCUT2D eigenvalue weighted by Crippen LogP contribution is 2.36. The maximum atomic E-state index is 13.0. The van der Waals surface area contributed by atoms with Crippen LogP contribution in [0, 0.1) is 51.7 Å². The Labute approximate surface area is 652 Å². The number of piperidine rings is 3. The molecule has 6 heterocycles. The van der Waals surface area contributed by atoms with Gasteiger partial charge >= 0.3 is 23.9 Å². The lowest BCUT2D eigenvalue weighted by molar-refractivity contribution is -0.150. The molecule has 9 aromatic rings. The number of benzene rings is 6. The second kappa shape index (κ2) is 41.0. The fourth-order valence-electron chi connectivity index (χ4n) is 11.7. The molecule has 0 radical (unpaired) electrons. The van der Waals surface area contributed by atoms with Crippen LogP contribution in [0.4, 0.5) is 15.4 Å². The Morgan fingerprint density at radius 1 is 0.450 bits per heavy atom. The average molecular weight is 1560 g/mol. The van der Waals surface area contributed by atoms with Gasteiger partial charge in [-0.2, -0.15) is 15.8 Å². The summed E-state index contributed by atoms with van der Waals surface area (Å²) in [7, 11) is 4.70. The van der Waals surface area contributed by atoms with Crippen molar-refractivity contribution < 1.29 is 77.0 Å². The minimum atomic E-state index is -1.12. The summed E-state index contributed by atoms with van der Waals surface area (Å²) in [4.78, 5) is 127. The minimum Gasteiger partial charge on any atom is -0.497 e. The fourth-order valence-corrected chi connectivity index (χ4v) is 14.0. The number of hydrogen-bond donors (Lipinski definition) is 6. The Balaban J connectivity index is 0.000000196. The number of aromatic carboxylic acids is 1. The number of hydrogen-bond acceptors (Lipinski definition) is 24. The van der Waals surface area contributed by atoms with E-state index >= 15 is 0 Å². The van der Waals surface area contributed by atoms with Crippen molar-refractivity contribution in [1.82, 2.24) is 30.1 Å². The van der Waals surface area contributed by atoms with E-state index in [9.17, 15) is 58.9 Å². The van der Waals surface area contributed by atoms with Crippen LogP contribution in [0.3, 0.4) is 0 Å². The Morgan fingerprint density at radius 3 is 1.05 bits per heavy atom. The lowest BCUT2D eigenvalue weighted by Gasteiger charge is -2.31. The van der Waals surface area contributed by atoms with Gasteiger partial charge in [0.2, 0.25) is 0 Å². The molecule has 6 aromatic carbocycles. The maximum absolute atomic E-state index is 13.0. The molecule has 0 bridgehead atoms. The van der Waals surface area contributed by atoms with Crippen LogP contribution >= 0.6 is 34.0 Å².